The van der Waals surface area contributed by atoms with Crippen molar-refractivity contribution in [1.82, 2.24) is 30.6 Å². The van der Waals surface area contributed by atoms with Crippen molar-refractivity contribution in [1.29, 1.82) is 0 Å². The maximum Gasteiger partial charge on any atom is 0.265 e. The molecule has 1 saturated heterocycles. The zero-order chi connectivity index (χ0) is 29.3. The molecule has 4 rings (SSSR count). The van der Waals surface area contributed by atoms with Crippen LogP contribution in [0, 0.1) is 0 Å². The van der Waals surface area contributed by atoms with Crippen molar-refractivity contribution in [3.8, 4) is 22.9 Å². The molecule has 0 saturated carbocycles. The number of carbonyl (C=O) groups is 1. The molecule has 222 valence electrons. The summed E-state index contributed by atoms with van der Waals surface area (Å²) in [6, 6.07) is 13.4. The summed E-state index contributed by atoms with van der Waals surface area (Å²) in [6.07, 6.45) is 0.707. The molecule has 1 aliphatic heterocycles. The number of piperidine rings is 1. The number of carbonyl (C=O) groups excluding carboxylic acids is 1. The lowest BCUT2D eigenvalue weighted by molar-refractivity contribution is -0.133. The zero-order valence-corrected chi connectivity index (χ0v) is 24.0. The molecule has 13 nitrogen and oxygen atoms in total. The molecule has 0 spiro atoms. The monoisotopic (exact) mass is 588 g/mol. The number of hydrogen-bond donors (Lipinski definition) is 2. The molecule has 0 radical (unpaired) electrons. The molecule has 0 aliphatic carbocycles. The molecule has 2 aromatic carbocycles. The number of hydrogen-bond acceptors (Lipinski definition) is 11. The van der Waals surface area contributed by atoms with E-state index in [0.717, 1.165) is 11.3 Å². The Bertz CT molecular complexity index is 1370. The Hall–Kier alpha value is -3.59. The number of tetrazole rings is 1. The molecule has 1 aliphatic rings. The van der Waals surface area contributed by atoms with Crippen LogP contribution in [0.3, 0.4) is 0 Å². The van der Waals surface area contributed by atoms with Crippen LogP contribution in [0.1, 0.15) is 26.2 Å². The van der Waals surface area contributed by atoms with Crippen molar-refractivity contribution >= 4 is 15.7 Å². The van der Waals surface area contributed by atoms with Gasteiger partial charge in [0.15, 0.2) is 14.6 Å². The normalized spacial score (nSPS) is 15.4. The molecule has 3 aromatic rings. The van der Waals surface area contributed by atoms with Crippen LogP contribution >= 0.6 is 0 Å². The summed E-state index contributed by atoms with van der Waals surface area (Å²) >= 11 is 0. The van der Waals surface area contributed by atoms with Crippen LogP contribution in [0.5, 0.6) is 11.5 Å². The molecule has 0 bridgehead atoms. The van der Waals surface area contributed by atoms with Crippen molar-refractivity contribution in [2.24, 2.45) is 0 Å². The van der Waals surface area contributed by atoms with Gasteiger partial charge in [0.2, 0.25) is 5.82 Å². The fraction of sp³-hybridized carbons (Fsp3) is 0.481. The average molecular weight is 589 g/mol. The van der Waals surface area contributed by atoms with E-state index in [1.807, 2.05) is 36.1 Å². The molecule has 1 aromatic heterocycles. The zero-order valence-electron chi connectivity index (χ0n) is 23.2. The third-order valence-electron chi connectivity index (χ3n) is 7.09. The highest BCUT2D eigenvalue weighted by Crippen LogP contribution is 2.36. The van der Waals surface area contributed by atoms with Crippen LogP contribution in [0.2, 0.25) is 0 Å². The van der Waals surface area contributed by atoms with Gasteiger partial charge in [-0.25, -0.2) is 13.9 Å². The number of nitrogens with zero attached hydrogens (tertiary/aromatic N) is 5. The highest BCUT2D eigenvalue weighted by Gasteiger charge is 2.52. The summed E-state index contributed by atoms with van der Waals surface area (Å²) in [5, 5.41) is 22.0. The summed E-state index contributed by atoms with van der Waals surface area (Å²) in [5.41, 5.74) is 2.41. The maximum atomic E-state index is 13.6. The standard InChI is InChI=1S/C27H36N6O7S/c1-3-39-22-7-5-21(6-8-22)25-28-31-33(29-25)15-4-19-40-23-9-11-24(12-10-23)41(36,37)27(26(34)30-35)13-16-32(17-14-27)18-20-38-2/h5-12,35H,3-4,13-20H2,1-2H3,(H,30,34). The van der Waals surface area contributed by atoms with Gasteiger partial charge < -0.3 is 19.1 Å². The minimum absolute atomic E-state index is 0.00701. The van der Waals surface area contributed by atoms with Crippen LogP contribution in [0.15, 0.2) is 53.4 Å². The lowest BCUT2D eigenvalue weighted by atomic mass is 9.95. The van der Waals surface area contributed by atoms with Crippen LogP contribution in [-0.2, 0) is 25.9 Å². The molecular formula is C27H36N6O7S. The van der Waals surface area contributed by atoms with E-state index in [1.54, 1.807) is 24.7 Å². The van der Waals surface area contributed by atoms with Crippen molar-refractivity contribution in [3.63, 3.8) is 0 Å². The number of sulfone groups is 1. The second kappa shape index (κ2) is 13.9. The first-order valence-corrected chi connectivity index (χ1v) is 15.0. The first-order chi connectivity index (χ1) is 19.8. The molecule has 1 fully saturated rings. The smallest absolute Gasteiger partial charge is 0.265 e. The van der Waals surface area contributed by atoms with Crippen LogP contribution in [0.4, 0.5) is 0 Å². The van der Waals surface area contributed by atoms with E-state index in [-0.39, 0.29) is 17.7 Å². The largest absolute Gasteiger partial charge is 0.494 e. The van der Waals surface area contributed by atoms with Gasteiger partial charge in [0.25, 0.3) is 5.91 Å². The molecule has 41 heavy (non-hydrogen) atoms. The van der Waals surface area contributed by atoms with Crippen molar-refractivity contribution in [3.05, 3.63) is 48.5 Å². The number of amides is 1. The highest BCUT2D eigenvalue weighted by atomic mass is 32.2. The average Bonchev–Trinajstić information content (AvgIpc) is 3.48. The van der Waals surface area contributed by atoms with E-state index < -0.39 is 20.5 Å². The molecule has 2 N–H and O–H groups in total. The Morgan fingerprint density at radius 2 is 1.66 bits per heavy atom. The predicted molar refractivity (Wildman–Crippen MR) is 148 cm³/mol. The Labute approximate surface area is 239 Å². The molecule has 0 unspecified atom stereocenters. The molecule has 1 amide bonds. The van der Waals surface area contributed by atoms with Crippen molar-refractivity contribution < 1.29 is 32.6 Å². The van der Waals surface area contributed by atoms with Crippen LogP contribution in [-0.4, -0.2) is 96.0 Å². The number of nitrogens with one attached hydrogen (secondary N) is 1. The van der Waals surface area contributed by atoms with Gasteiger partial charge in [0.1, 0.15) is 11.5 Å². The minimum Gasteiger partial charge on any atom is -0.494 e. The van der Waals surface area contributed by atoms with Crippen LogP contribution < -0.4 is 15.0 Å². The van der Waals surface area contributed by atoms with Crippen molar-refractivity contribution in [2.45, 2.75) is 42.4 Å². The van der Waals surface area contributed by atoms with Gasteiger partial charge in [-0.15, -0.1) is 10.2 Å². The second-order valence-electron chi connectivity index (χ2n) is 9.61. The number of benzene rings is 2. The Balaban J connectivity index is 1.31. The maximum absolute atomic E-state index is 13.6. The molecule has 2 heterocycles. The molecule has 0 atom stereocenters. The number of likely N-dealkylation sites (tertiary alicyclic amines) is 1. The Morgan fingerprint density at radius 3 is 2.29 bits per heavy atom. The topological polar surface area (TPSA) is 158 Å². The van der Waals surface area contributed by atoms with E-state index >= 15 is 0 Å². The summed E-state index contributed by atoms with van der Waals surface area (Å²) in [4.78, 5) is 16.2. The third kappa shape index (κ3) is 7.01. The van der Waals surface area contributed by atoms with E-state index in [1.165, 1.54) is 16.9 Å². The number of methoxy groups -OCH3 is 1. The predicted octanol–water partition coefficient (Wildman–Crippen LogP) is 1.97. The van der Waals surface area contributed by atoms with Gasteiger partial charge in [-0.1, -0.05) is 0 Å². The lowest BCUT2D eigenvalue weighted by Gasteiger charge is -2.39. The van der Waals surface area contributed by atoms with Gasteiger partial charge >= 0.3 is 0 Å². The third-order valence-corrected chi connectivity index (χ3v) is 9.60. The SMILES string of the molecule is CCOc1ccc(-c2nnn(CCCOc3ccc(S(=O)(=O)C4(C(=O)NO)CCN(CCOC)CC4)cc3)n2)cc1. The number of ether oxygens (including phenoxy) is 3. The summed E-state index contributed by atoms with van der Waals surface area (Å²) in [6.45, 7) is 5.27. The number of aryl methyl sites for hydroxylation is 1. The fourth-order valence-electron chi connectivity index (χ4n) is 4.73. The summed E-state index contributed by atoms with van der Waals surface area (Å²) in [5.74, 6) is 0.858. The highest BCUT2D eigenvalue weighted by molar-refractivity contribution is 7.93. The van der Waals surface area contributed by atoms with Crippen molar-refractivity contribution in [2.75, 3.05) is 46.6 Å². The Kier molecular flexibility index (Phi) is 10.3. The lowest BCUT2D eigenvalue weighted by Crippen LogP contribution is -2.57. The summed E-state index contributed by atoms with van der Waals surface area (Å²) in [7, 11) is -2.51. The quantitative estimate of drug-likeness (QED) is 0.161. The first kappa shape index (κ1) is 30.4. The summed E-state index contributed by atoms with van der Waals surface area (Å²) < 4.78 is 41.8. The first-order valence-electron chi connectivity index (χ1n) is 13.5. The van der Waals surface area contributed by atoms with E-state index in [2.05, 4.69) is 15.4 Å². The van der Waals surface area contributed by atoms with E-state index in [9.17, 15) is 18.4 Å². The van der Waals surface area contributed by atoms with E-state index in [4.69, 9.17) is 14.2 Å². The van der Waals surface area contributed by atoms with Gasteiger partial charge in [-0.3, -0.25) is 10.0 Å². The van der Waals surface area contributed by atoms with Gasteiger partial charge in [0.05, 0.1) is 31.3 Å². The Morgan fingerprint density at radius 1 is 1.00 bits per heavy atom. The number of aromatic nitrogens is 4. The van der Waals surface area contributed by atoms with Gasteiger partial charge in [-0.2, -0.15) is 4.80 Å². The van der Waals surface area contributed by atoms with Crippen LogP contribution in [0.25, 0.3) is 11.4 Å². The molecule has 14 heteroatoms. The number of rotatable bonds is 14. The molecular weight excluding hydrogens is 552 g/mol. The second-order valence-corrected chi connectivity index (χ2v) is 11.9. The van der Waals surface area contributed by atoms with Gasteiger partial charge in [-0.05, 0) is 73.5 Å². The van der Waals surface area contributed by atoms with Gasteiger partial charge in [0, 0.05) is 38.7 Å². The van der Waals surface area contributed by atoms with E-state index in [0.29, 0.717) is 64.0 Å². The number of hydroxylamine groups is 1. The minimum atomic E-state index is -4.10. The fourth-order valence-corrected chi connectivity index (χ4v) is 6.69.